The highest BCUT2D eigenvalue weighted by atomic mass is 16.4. The number of carboxylic acids is 1. The van der Waals surface area contributed by atoms with E-state index in [4.69, 9.17) is 5.11 Å². The lowest BCUT2D eigenvalue weighted by Gasteiger charge is -2.11. The van der Waals surface area contributed by atoms with Crippen molar-refractivity contribution >= 4 is 12.0 Å². The standard InChI is InChI=1S/C18H26O3/c1-2-3-5-12-17(19)16-11-8-10-15(14-16)9-6-4-7-13-18(20)21/h6,8-11,14,17,19H,2-5,7,12-13H2,1H3,(H,20,21)/b9-6-/t17-/m1/s1. The number of aliphatic carboxylic acids is 1. The second kappa shape index (κ2) is 10.2. The van der Waals surface area contributed by atoms with Crippen molar-refractivity contribution in [1.29, 1.82) is 0 Å². The fourth-order valence-electron chi connectivity index (χ4n) is 2.21. The largest absolute Gasteiger partial charge is 0.481 e. The lowest BCUT2D eigenvalue weighted by Crippen LogP contribution is -1.97. The number of aliphatic hydroxyl groups excluding tert-OH is 1. The van der Waals surface area contributed by atoms with Gasteiger partial charge >= 0.3 is 5.97 Å². The predicted octanol–water partition coefficient (Wildman–Crippen LogP) is 4.57. The minimum Gasteiger partial charge on any atom is -0.481 e. The van der Waals surface area contributed by atoms with Gasteiger partial charge in [-0.2, -0.15) is 0 Å². The first-order valence-corrected chi connectivity index (χ1v) is 7.80. The number of rotatable bonds is 10. The van der Waals surface area contributed by atoms with Gasteiger partial charge in [0, 0.05) is 6.42 Å². The van der Waals surface area contributed by atoms with Gasteiger partial charge in [-0.05, 0) is 36.5 Å². The molecule has 3 heteroatoms. The van der Waals surface area contributed by atoms with Gasteiger partial charge in [-0.25, -0.2) is 0 Å². The van der Waals surface area contributed by atoms with Crippen molar-refractivity contribution in [3.05, 3.63) is 41.5 Å². The molecule has 0 aliphatic carbocycles. The number of benzene rings is 1. The van der Waals surface area contributed by atoms with Crippen molar-refractivity contribution in [1.82, 2.24) is 0 Å². The average Bonchev–Trinajstić information content (AvgIpc) is 2.47. The zero-order valence-corrected chi connectivity index (χ0v) is 12.8. The number of hydrogen-bond acceptors (Lipinski definition) is 2. The van der Waals surface area contributed by atoms with Gasteiger partial charge in [0.15, 0.2) is 0 Å². The number of hydrogen-bond donors (Lipinski definition) is 2. The van der Waals surface area contributed by atoms with E-state index in [-0.39, 0.29) is 6.42 Å². The number of carbonyl (C=O) groups is 1. The summed E-state index contributed by atoms with van der Waals surface area (Å²) in [5.74, 6) is -0.749. The molecule has 0 amide bonds. The first kappa shape index (κ1) is 17.4. The molecule has 2 N–H and O–H groups in total. The van der Waals surface area contributed by atoms with Gasteiger partial charge in [0.05, 0.1) is 6.10 Å². The number of unbranched alkanes of at least 4 members (excludes halogenated alkanes) is 3. The Morgan fingerprint density at radius 1 is 1.29 bits per heavy atom. The summed E-state index contributed by atoms with van der Waals surface area (Å²) in [6.07, 6.45) is 9.38. The molecule has 0 heterocycles. The molecule has 0 radical (unpaired) electrons. The van der Waals surface area contributed by atoms with Gasteiger partial charge in [0.2, 0.25) is 0 Å². The molecule has 0 fully saturated rings. The van der Waals surface area contributed by atoms with Crippen molar-refractivity contribution in [3.8, 4) is 0 Å². The zero-order chi connectivity index (χ0) is 15.5. The van der Waals surface area contributed by atoms with Crippen molar-refractivity contribution in [2.75, 3.05) is 0 Å². The topological polar surface area (TPSA) is 57.5 Å². The maximum absolute atomic E-state index is 10.4. The molecule has 0 saturated heterocycles. The van der Waals surface area contributed by atoms with Crippen LogP contribution in [-0.2, 0) is 4.79 Å². The van der Waals surface area contributed by atoms with Crippen LogP contribution in [0, 0.1) is 0 Å². The second-order valence-corrected chi connectivity index (χ2v) is 5.37. The SMILES string of the molecule is CCCCC[C@@H](O)c1cccc(/C=C\CCCC(=O)O)c1. The molecule has 1 aromatic rings. The van der Waals surface area contributed by atoms with E-state index in [2.05, 4.69) is 6.92 Å². The molecule has 116 valence electrons. The normalized spacial score (nSPS) is 12.7. The Hall–Kier alpha value is -1.61. The Bertz CT molecular complexity index is 452. The third-order valence-electron chi connectivity index (χ3n) is 3.45. The summed E-state index contributed by atoms with van der Waals surface area (Å²) in [6, 6.07) is 7.91. The molecule has 1 atom stereocenters. The first-order chi connectivity index (χ1) is 10.1. The van der Waals surface area contributed by atoms with E-state index in [0.29, 0.717) is 6.42 Å². The summed E-state index contributed by atoms with van der Waals surface area (Å²) >= 11 is 0. The Labute approximate surface area is 127 Å². The molecule has 21 heavy (non-hydrogen) atoms. The summed E-state index contributed by atoms with van der Waals surface area (Å²) in [5, 5.41) is 18.7. The Kier molecular flexibility index (Phi) is 8.44. The molecular weight excluding hydrogens is 264 g/mol. The Balaban J connectivity index is 2.47. The number of allylic oxidation sites excluding steroid dienone is 1. The van der Waals surface area contributed by atoms with E-state index in [1.807, 2.05) is 36.4 Å². The lowest BCUT2D eigenvalue weighted by atomic mass is 10.0. The Morgan fingerprint density at radius 2 is 2.10 bits per heavy atom. The third kappa shape index (κ3) is 7.66. The first-order valence-electron chi connectivity index (χ1n) is 7.80. The predicted molar refractivity (Wildman–Crippen MR) is 86.1 cm³/mol. The molecule has 0 aliphatic heterocycles. The minimum absolute atomic E-state index is 0.209. The van der Waals surface area contributed by atoms with E-state index in [1.54, 1.807) is 0 Å². The summed E-state index contributed by atoms with van der Waals surface area (Å²) < 4.78 is 0. The van der Waals surface area contributed by atoms with Crippen LogP contribution in [0.4, 0.5) is 0 Å². The third-order valence-corrected chi connectivity index (χ3v) is 3.45. The highest BCUT2D eigenvalue weighted by Crippen LogP contribution is 2.21. The van der Waals surface area contributed by atoms with Crippen LogP contribution >= 0.6 is 0 Å². The summed E-state index contributed by atoms with van der Waals surface area (Å²) in [7, 11) is 0. The van der Waals surface area contributed by atoms with Crippen molar-refractivity contribution < 1.29 is 15.0 Å². The number of aliphatic hydroxyl groups is 1. The van der Waals surface area contributed by atoms with E-state index in [0.717, 1.165) is 43.2 Å². The van der Waals surface area contributed by atoms with Crippen LogP contribution in [0.2, 0.25) is 0 Å². The molecule has 3 nitrogen and oxygen atoms in total. The number of carboxylic acid groups (broad SMARTS) is 1. The molecule has 0 unspecified atom stereocenters. The van der Waals surface area contributed by atoms with Crippen LogP contribution in [0.1, 0.15) is 69.1 Å². The monoisotopic (exact) mass is 290 g/mol. The highest BCUT2D eigenvalue weighted by molar-refractivity contribution is 5.66. The molecule has 0 spiro atoms. The Morgan fingerprint density at radius 3 is 2.81 bits per heavy atom. The second-order valence-electron chi connectivity index (χ2n) is 5.37. The van der Waals surface area contributed by atoms with Gasteiger partial charge in [0.25, 0.3) is 0 Å². The van der Waals surface area contributed by atoms with Crippen LogP contribution in [-0.4, -0.2) is 16.2 Å². The van der Waals surface area contributed by atoms with Gasteiger partial charge < -0.3 is 10.2 Å². The molecule has 0 aliphatic rings. The molecule has 1 aromatic carbocycles. The average molecular weight is 290 g/mol. The lowest BCUT2D eigenvalue weighted by molar-refractivity contribution is -0.137. The fraction of sp³-hybridized carbons (Fsp3) is 0.500. The molecule has 1 rings (SSSR count). The maximum Gasteiger partial charge on any atom is 0.303 e. The minimum atomic E-state index is -0.749. The van der Waals surface area contributed by atoms with Crippen LogP contribution < -0.4 is 0 Å². The van der Waals surface area contributed by atoms with Crippen LogP contribution in [0.25, 0.3) is 6.08 Å². The van der Waals surface area contributed by atoms with Crippen LogP contribution in [0.3, 0.4) is 0 Å². The fourth-order valence-corrected chi connectivity index (χ4v) is 2.21. The van der Waals surface area contributed by atoms with E-state index in [1.165, 1.54) is 0 Å². The quantitative estimate of drug-likeness (QED) is 0.621. The highest BCUT2D eigenvalue weighted by Gasteiger charge is 2.06. The molecule has 0 aromatic heterocycles. The summed E-state index contributed by atoms with van der Waals surface area (Å²) in [4.78, 5) is 10.4. The van der Waals surface area contributed by atoms with Crippen molar-refractivity contribution in [3.63, 3.8) is 0 Å². The molecule has 0 bridgehead atoms. The van der Waals surface area contributed by atoms with Gasteiger partial charge in [-0.1, -0.05) is 56.5 Å². The van der Waals surface area contributed by atoms with Crippen molar-refractivity contribution in [2.45, 2.75) is 58.0 Å². The van der Waals surface area contributed by atoms with Crippen LogP contribution in [0.5, 0.6) is 0 Å². The summed E-state index contributed by atoms with van der Waals surface area (Å²) in [5.41, 5.74) is 2.01. The van der Waals surface area contributed by atoms with E-state index < -0.39 is 12.1 Å². The van der Waals surface area contributed by atoms with Crippen LogP contribution in [0.15, 0.2) is 30.3 Å². The summed E-state index contributed by atoms with van der Waals surface area (Å²) in [6.45, 7) is 2.15. The van der Waals surface area contributed by atoms with Gasteiger partial charge in [-0.15, -0.1) is 0 Å². The van der Waals surface area contributed by atoms with Gasteiger partial charge in [0.1, 0.15) is 0 Å². The molecule has 0 saturated carbocycles. The van der Waals surface area contributed by atoms with Crippen molar-refractivity contribution in [2.24, 2.45) is 0 Å². The zero-order valence-electron chi connectivity index (χ0n) is 12.8. The van der Waals surface area contributed by atoms with E-state index in [9.17, 15) is 9.90 Å². The van der Waals surface area contributed by atoms with E-state index >= 15 is 0 Å². The van der Waals surface area contributed by atoms with Gasteiger partial charge in [-0.3, -0.25) is 4.79 Å². The smallest absolute Gasteiger partial charge is 0.303 e. The molecular formula is C18H26O3. The maximum atomic E-state index is 10.4.